The number of carbonyl (C=O) groups is 1. The Morgan fingerprint density at radius 3 is 2.47 bits per heavy atom. The van der Waals surface area contributed by atoms with Crippen molar-refractivity contribution >= 4 is 17.3 Å². The van der Waals surface area contributed by atoms with Gasteiger partial charge in [0, 0.05) is 17.9 Å². The summed E-state index contributed by atoms with van der Waals surface area (Å²) in [7, 11) is 1.55. The summed E-state index contributed by atoms with van der Waals surface area (Å²) < 4.78 is 24.1. The van der Waals surface area contributed by atoms with E-state index in [0.29, 0.717) is 18.0 Å². The maximum Gasteiger partial charge on any atom is 0.262 e. The van der Waals surface area contributed by atoms with Crippen molar-refractivity contribution in [3.8, 4) is 11.5 Å². The van der Waals surface area contributed by atoms with Crippen LogP contribution in [0.2, 0.25) is 0 Å². The quantitative estimate of drug-likeness (QED) is 0.546. The smallest absolute Gasteiger partial charge is 0.262 e. The first-order chi connectivity index (χ1) is 14.4. The number of nitrogens with one attached hydrogen (secondary N) is 2. The standard InChI is InChI=1S/C24H25FN2O3/c1-16-4-5-17(2)21(12-16)27-24(28)15-30-22-11-6-18(13-23(22)29-3)14-26-20-9-7-19(25)8-10-20/h4-13,26H,14-15H2,1-3H3,(H,27,28). The number of rotatable bonds is 8. The van der Waals surface area contributed by atoms with Crippen molar-refractivity contribution in [2.75, 3.05) is 24.4 Å². The highest BCUT2D eigenvalue weighted by atomic mass is 19.1. The fourth-order valence-electron chi connectivity index (χ4n) is 2.91. The third-order valence-corrected chi connectivity index (χ3v) is 4.59. The fourth-order valence-corrected chi connectivity index (χ4v) is 2.91. The number of hydrogen-bond donors (Lipinski definition) is 2. The number of ether oxygens (including phenoxy) is 2. The predicted octanol–water partition coefficient (Wildman–Crippen LogP) is 5.08. The lowest BCUT2D eigenvalue weighted by Crippen LogP contribution is -2.21. The van der Waals surface area contributed by atoms with Gasteiger partial charge in [-0.05, 0) is 73.0 Å². The average molecular weight is 408 g/mol. The van der Waals surface area contributed by atoms with Gasteiger partial charge in [-0.2, -0.15) is 0 Å². The normalized spacial score (nSPS) is 10.4. The van der Waals surface area contributed by atoms with E-state index in [1.165, 1.54) is 12.1 Å². The van der Waals surface area contributed by atoms with Crippen LogP contribution in [0.3, 0.4) is 0 Å². The van der Waals surface area contributed by atoms with Gasteiger partial charge in [0.15, 0.2) is 18.1 Å². The molecule has 0 aliphatic heterocycles. The summed E-state index contributed by atoms with van der Waals surface area (Å²) in [6, 6.07) is 17.6. The lowest BCUT2D eigenvalue weighted by atomic mass is 10.1. The molecule has 2 N–H and O–H groups in total. The minimum absolute atomic E-state index is 0.128. The highest BCUT2D eigenvalue weighted by Crippen LogP contribution is 2.28. The highest BCUT2D eigenvalue weighted by Gasteiger charge is 2.10. The molecule has 5 nitrogen and oxygen atoms in total. The Hall–Kier alpha value is -3.54. The van der Waals surface area contributed by atoms with Crippen LogP contribution in [0.15, 0.2) is 60.7 Å². The lowest BCUT2D eigenvalue weighted by molar-refractivity contribution is -0.118. The molecule has 0 aromatic heterocycles. The molecule has 6 heteroatoms. The van der Waals surface area contributed by atoms with Crippen LogP contribution in [0.25, 0.3) is 0 Å². The number of amides is 1. The SMILES string of the molecule is COc1cc(CNc2ccc(F)cc2)ccc1OCC(=O)Nc1cc(C)ccc1C. The van der Waals surface area contributed by atoms with E-state index >= 15 is 0 Å². The number of halogens is 1. The maximum absolute atomic E-state index is 13.0. The molecule has 0 saturated carbocycles. The topological polar surface area (TPSA) is 59.6 Å². The molecule has 0 heterocycles. The number of hydrogen-bond acceptors (Lipinski definition) is 4. The zero-order valence-electron chi connectivity index (χ0n) is 17.3. The van der Waals surface area contributed by atoms with Crippen molar-refractivity contribution in [2.45, 2.75) is 20.4 Å². The van der Waals surface area contributed by atoms with Crippen molar-refractivity contribution in [3.63, 3.8) is 0 Å². The van der Waals surface area contributed by atoms with Crippen molar-refractivity contribution in [1.29, 1.82) is 0 Å². The van der Waals surface area contributed by atoms with Gasteiger partial charge in [-0.3, -0.25) is 4.79 Å². The number of benzene rings is 3. The Balaban J connectivity index is 1.58. The van der Waals surface area contributed by atoms with Crippen LogP contribution in [-0.2, 0) is 11.3 Å². The molecule has 3 aromatic rings. The Kier molecular flexibility index (Phi) is 6.91. The fraction of sp³-hybridized carbons (Fsp3) is 0.208. The molecule has 0 aliphatic carbocycles. The van der Waals surface area contributed by atoms with E-state index < -0.39 is 0 Å². The number of aryl methyl sites for hydroxylation is 2. The van der Waals surface area contributed by atoms with Crippen LogP contribution in [0.1, 0.15) is 16.7 Å². The second-order valence-corrected chi connectivity index (χ2v) is 7.00. The van der Waals surface area contributed by atoms with Gasteiger partial charge in [-0.25, -0.2) is 4.39 Å². The van der Waals surface area contributed by atoms with Crippen molar-refractivity contribution in [1.82, 2.24) is 0 Å². The van der Waals surface area contributed by atoms with Crippen molar-refractivity contribution in [2.24, 2.45) is 0 Å². The number of methoxy groups -OCH3 is 1. The second kappa shape index (κ2) is 9.78. The van der Waals surface area contributed by atoms with E-state index in [4.69, 9.17) is 9.47 Å². The summed E-state index contributed by atoms with van der Waals surface area (Å²) in [6.07, 6.45) is 0. The molecule has 156 valence electrons. The third-order valence-electron chi connectivity index (χ3n) is 4.59. The minimum atomic E-state index is -0.273. The van der Waals surface area contributed by atoms with Crippen LogP contribution >= 0.6 is 0 Å². The Bertz CT molecular complexity index is 1020. The molecule has 30 heavy (non-hydrogen) atoms. The molecule has 0 atom stereocenters. The van der Waals surface area contributed by atoms with E-state index in [9.17, 15) is 9.18 Å². The summed E-state index contributed by atoms with van der Waals surface area (Å²) in [6.45, 7) is 4.33. The second-order valence-electron chi connectivity index (χ2n) is 7.00. The highest BCUT2D eigenvalue weighted by molar-refractivity contribution is 5.92. The van der Waals surface area contributed by atoms with Crippen molar-refractivity contribution in [3.05, 3.63) is 83.2 Å². The summed E-state index contributed by atoms with van der Waals surface area (Å²) in [5.74, 6) is 0.505. The minimum Gasteiger partial charge on any atom is -0.493 e. The van der Waals surface area contributed by atoms with Crippen LogP contribution in [0.4, 0.5) is 15.8 Å². The van der Waals surface area contributed by atoms with Gasteiger partial charge in [0.1, 0.15) is 5.82 Å². The van der Waals surface area contributed by atoms with Gasteiger partial charge in [0.25, 0.3) is 5.91 Å². The van der Waals surface area contributed by atoms with Gasteiger partial charge in [0.2, 0.25) is 0 Å². The average Bonchev–Trinajstić information content (AvgIpc) is 2.74. The van der Waals surface area contributed by atoms with Crippen LogP contribution in [-0.4, -0.2) is 19.6 Å². The summed E-state index contributed by atoms with van der Waals surface area (Å²) in [5, 5.41) is 6.09. The largest absolute Gasteiger partial charge is 0.493 e. The molecule has 0 unspecified atom stereocenters. The molecule has 0 aliphatic rings. The van der Waals surface area contributed by atoms with E-state index in [2.05, 4.69) is 10.6 Å². The van der Waals surface area contributed by atoms with E-state index in [1.54, 1.807) is 25.3 Å². The third kappa shape index (κ3) is 5.73. The Morgan fingerprint density at radius 2 is 1.73 bits per heavy atom. The molecular weight excluding hydrogens is 383 g/mol. The van der Waals surface area contributed by atoms with Crippen LogP contribution in [0, 0.1) is 19.7 Å². The molecule has 0 saturated heterocycles. The van der Waals surface area contributed by atoms with E-state index in [1.807, 2.05) is 44.2 Å². The predicted molar refractivity (Wildman–Crippen MR) is 117 cm³/mol. The lowest BCUT2D eigenvalue weighted by Gasteiger charge is -2.14. The molecule has 0 fully saturated rings. The zero-order valence-corrected chi connectivity index (χ0v) is 17.3. The van der Waals surface area contributed by atoms with Gasteiger partial charge in [0.05, 0.1) is 7.11 Å². The van der Waals surface area contributed by atoms with Gasteiger partial charge >= 0.3 is 0 Å². The van der Waals surface area contributed by atoms with Crippen LogP contribution < -0.4 is 20.1 Å². The first-order valence-corrected chi connectivity index (χ1v) is 9.61. The number of carbonyl (C=O) groups excluding carboxylic acids is 1. The Morgan fingerprint density at radius 1 is 0.967 bits per heavy atom. The molecule has 3 rings (SSSR count). The van der Waals surface area contributed by atoms with Gasteiger partial charge < -0.3 is 20.1 Å². The van der Waals surface area contributed by atoms with Crippen molar-refractivity contribution < 1.29 is 18.7 Å². The molecular formula is C24H25FN2O3. The molecule has 0 bridgehead atoms. The number of anilines is 2. The molecule has 0 spiro atoms. The first kappa shape index (κ1) is 21.2. The van der Waals surface area contributed by atoms with E-state index in [-0.39, 0.29) is 18.3 Å². The van der Waals surface area contributed by atoms with E-state index in [0.717, 1.165) is 28.1 Å². The molecule has 1 amide bonds. The maximum atomic E-state index is 13.0. The Labute approximate surface area is 175 Å². The molecule has 3 aromatic carbocycles. The summed E-state index contributed by atoms with van der Waals surface area (Å²) in [5.41, 5.74) is 4.62. The monoisotopic (exact) mass is 408 g/mol. The summed E-state index contributed by atoms with van der Waals surface area (Å²) >= 11 is 0. The zero-order chi connectivity index (χ0) is 21.5. The van der Waals surface area contributed by atoms with Gasteiger partial charge in [-0.1, -0.05) is 18.2 Å². The van der Waals surface area contributed by atoms with Crippen LogP contribution in [0.5, 0.6) is 11.5 Å². The molecule has 0 radical (unpaired) electrons. The summed E-state index contributed by atoms with van der Waals surface area (Å²) in [4.78, 5) is 12.3. The van der Waals surface area contributed by atoms with Gasteiger partial charge in [-0.15, -0.1) is 0 Å². The first-order valence-electron chi connectivity index (χ1n) is 9.61.